The Bertz CT molecular complexity index is 4190. The van der Waals surface area contributed by atoms with Crippen molar-refractivity contribution in [3.8, 4) is 5.69 Å². The topological polar surface area (TPSA) is 27.8 Å². The van der Waals surface area contributed by atoms with Crippen LogP contribution >= 0.6 is 0 Å². The monoisotopic (exact) mass is 989 g/mol. The van der Waals surface area contributed by atoms with E-state index in [4.69, 9.17) is 4.42 Å². The number of hydrogen-bond donors (Lipinski definition) is 0. The average molecular weight is 989 g/mol. The van der Waals surface area contributed by atoms with Crippen molar-refractivity contribution in [1.82, 2.24) is 4.57 Å². The van der Waals surface area contributed by atoms with Gasteiger partial charge in [0.15, 0.2) is 0 Å². The maximum Gasteiger partial charge on any atom is 0.252 e. The SMILES string of the molecule is CC(C)(C)c1ccc2c(c1)B1c3cc(C(C)(C)C)cc4c3N(c3cc(N(c5ccccc5)c5ccccc5)cc(c31)N2c1ccc2oc3ccccc3c2c1)c1cc(C(C)(C)C)cc2c3cc(C(C)(C)C)ccc3n-4c12. The number of rotatable bonds is 4. The number of para-hydroxylation sites is 3. The lowest BCUT2D eigenvalue weighted by Gasteiger charge is -2.47. The summed E-state index contributed by atoms with van der Waals surface area (Å²) in [4.78, 5) is 7.73. The van der Waals surface area contributed by atoms with Crippen molar-refractivity contribution in [2.45, 2.75) is 105 Å². The molecule has 9 aromatic carbocycles. The lowest BCUT2D eigenvalue weighted by Crippen LogP contribution is -2.62. The van der Waals surface area contributed by atoms with Crippen molar-refractivity contribution in [2.75, 3.05) is 14.7 Å². The lowest BCUT2D eigenvalue weighted by molar-refractivity contribution is 0.590. The summed E-state index contributed by atoms with van der Waals surface area (Å²) in [5.74, 6) is 0. The van der Waals surface area contributed by atoms with Crippen molar-refractivity contribution < 1.29 is 4.42 Å². The first kappa shape index (κ1) is 46.6. The number of nitrogens with zero attached hydrogens (tertiary/aromatic N) is 4. The Morgan fingerprint density at radius 2 is 0.934 bits per heavy atom. The van der Waals surface area contributed by atoms with Crippen LogP contribution in [0.5, 0.6) is 0 Å². The van der Waals surface area contributed by atoms with Crippen LogP contribution in [0.25, 0.3) is 49.4 Å². The first-order valence-corrected chi connectivity index (χ1v) is 27.3. The number of hydrogen-bond acceptors (Lipinski definition) is 4. The highest BCUT2D eigenvalue weighted by Gasteiger charge is 2.48. The van der Waals surface area contributed by atoms with Crippen LogP contribution < -0.4 is 31.1 Å². The molecule has 0 atom stereocenters. The molecule has 0 saturated heterocycles. The molecule has 14 rings (SSSR count). The van der Waals surface area contributed by atoms with Crippen molar-refractivity contribution >= 4 is 118 Å². The summed E-state index contributed by atoms with van der Waals surface area (Å²) in [7, 11) is 0. The molecule has 0 N–H and O–H groups in total. The van der Waals surface area contributed by atoms with E-state index in [2.05, 4.69) is 278 Å². The molecule has 6 heteroatoms. The molecule has 3 aliphatic rings. The molecule has 0 amide bonds. The zero-order valence-corrected chi connectivity index (χ0v) is 46.0. The van der Waals surface area contributed by atoms with Crippen LogP contribution in [-0.4, -0.2) is 11.3 Å². The van der Waals surface area contributed by atoms with E-state index >= 15 is 0 Å². The second-order valence-electron chi connectivity index (χ2n) is 26.0. The van der Waals surface area contributed by atoms with Gasteiger partial charge in [-0.1, -0.05) is 162 Å². The Morgan fingerprint density at radius 3 is 1.61 bits per heavy atom. The van der Waals surface area contributed by atoms with Crippen LogP contribution in [-0.2, 0) is 21.7 Å². The molecule has 0 bridgehead atoms. The largest absolute Gasteiger partial charge is 0.456 e. The van der Waals surface area contributed by atoms with E-state index in [1.54, 1.807) is 0 Å². The Labute approximate surface area is 448 Å². The fourth-order valence-electron chi connectivity index (χ4n) is 12.7. The van der Waals surface area contributed by atoms with E-state index in [1.165, 1.54) is 88.9 Å². The van der Waals surface area contributed by atoms with E-state index in [-0.39, 0.29) is 28.4 Å². The van der Waals surface area contributed by atoms with E-state index in [9.17, 15) is 0 Å². The molecule has 374 valence electrons. The van der Waals surface area contributed by atoms with Crippen LogP contribution in [0.15, 0.2) is 180 Å². The standard InChI is InChI=1S/C70H65BN4O/c1-67(2,3)42-27-30-56-51(33-42)53-34-44(69(7,8)9)37-60-65(53)74(56)61-38-45(70(10,11)12)36-55-66(61)75(60)59-41-49(72(46-21-15-13-16-22-46)47-23-17-14-18-24-47)40-58-64(59)71(55)54-35-43(68(4,5)6)28-31-57(54)73(58)48-29-32-63-52(39-48)50-25-19-20-26-62(50)76-63/h13-41H,1-12H3. The summed E-state index contributed by atoms with van der Waals surface area (Å²) in [5.41, 5.74) is 24.7. The van der Waals surface area contributed by atoms with E-state index < -0.39 is 0 Å². The Hall–Kier alpha value is -7.96. The van der Waals surface area contributed by atoms with E-state index in [1.807, 2.05) is 0 Å². The van der Waals surface area contributed by atoms with Crippen LogP contribution in [0.2, 0.25) is 0 Å². The highest BCUT2D eigenvalue weighted by atomic mass is 16.3. The third kappa shape index (κ3) is 6.84. The molecule has 3 aliphatic heterocycles. The minimum absolute atomic E-state index is 0.0231. The quantitative estimate of drug-likeness (QED) is 0.164. The fraction of sp³-hybridized carbons (Fsp3) is 0.229. The van der Waals surface area contributed by atoms with Crippen LogP contribution in [0.1, 0.15) is 105 Å². The van der Waals surface area contributed by atoms with Gasteiger partial charge >= 0.3 is 0 Å². The smallest absolute Gasteiger partial charge is 0.252 e. The molecule has 2 aromatic heterocycles. The molecule has 5 heterocycles. The summed E-state index contributed by atoms with van der Waals surface area (Å²) < 4.78 is 9.17. The van der Waals surface area contributed by atoms with Crippen molar-refractivity contribution in [3.63, 3.8) is 0 Å². The molecule has 0 radical (unpaired) electrons. The van der Waals surface area contributed by atoms with Gasteiger partial charge in [-0.05, 0) is 157 Å². The summed E-state index contributed by atoms with van der Waals surface area (Å²) in [6.07, 6.45) is 0. The first-order valence-electron chi connectivity index (χ1n) is 27.3. The van der Waals surface area contributed by atoms with Crippen molar-refractivity contribution in [1.29, 1.82) is 0 Å². The number of aromatic nitrogens is 1. The highest BCUT2D eigenvalue weighted by molar-refractivity contribution is 7.00. The summed E-state index contributed by atoms with van der Waals surface area (Å²) in [6, 6.07) is 66.9. The number of anilines is 9. The maximum absolute atomic E-state index is 6.52. The molecule has 0 spiro atoms. The Balaban J connectivity index is 1.18. The Morgan fingerprint density at radius 1 is 0.382 bits per heavy atom. The normalized spacial score (nSPS) is 14.0. The third-order valence-corrected chi connectivity index (χ3v) is 16.8. The summed E-state index contributed by atoms with van der Waals surface area (Å²) in [6.45, 7) is 28.2. The molecule has 0 unspecified atom stereocenters. The van der Waals surface area contributed by atoms with E-state index in [0.717, 1.165) is 50.4 Å². The number of furan rings is 1. The van der Waals surface area contributed by atoms with Crippen LogP contribution in [0.3, 0.4) is 0 Å². The van der Waals surface area contributed by atoms with Gasteiger partial charge < -0.3 is 23.7 Å². The molecule has 5 nitrogen and oxygen atoms in total. The second-order valence-corrected chi connectivity index (χ2v) is 26.0. The van der Waals surface area contributed by atoms with Gasteiger partial charge in [-0.15, -0.1) is 0 Å². The first-order chi connectivity index (χ1) is 36.2. The van der Waals surface area contributed by atoms with Gasteiger partial charge in [0, 0.05) is 55.7 Å². The molecule has 0 aliphatic carbocycles. The molecule has 11 aromatic rings. The van der Waals surface area contributed by atoms with Gasteiger partial charge in [0.2, 0.25) is 0 Å². The van der Waals surface area contributed by atoms with E-state index in [0.29, 0.717) is 0 Å². The molecule has 0 saturated carbocycles. The molecular formula is C70H65BN4O. The second kappa shape index (κ2) is 15.8. The zero-order chi connectivity index (χ0) is 52.5. The number of fused-ring (bicyclic) bond motifs is 12. The van der Waals surface area contributed by atoms with Gasteiger partial charge in [-0.25, -0.2) is 0 Å². The third-order valence-electron chi connectivity index (χ3n) is 16.8. The van der Waals surface area contributed by atoms with Gasteiger partial charge in [0.05, 0.1) is 33.8 Å². The van der Waals surface area contributed by atoms with Gasteiger partial charge in [-0.3, -0.25) is 0 Å². The predicted molar refractivity (Wildman–Crippen MR) is 325 cm³/mol. The summed E-state index contributed by atoms with van der Waals surface area (Å²) in [5, 5.41) is 4.81. The predicted octanol–water partition coefficient (Wildman–Crippen LogP) is 17.7. The van der Waals surface area contributed by atoms with Gasteiger partial charge in [0.25, 0.3) is 6.71 Å². The molecular weight excluding hydrogens is 924 g/mol. The Kier molecular flexibility index (Phi) is 9.68. The zero-order valence-electron chi connectivity index (χ0n) is 46.0. The fourth-order valence-corrected chi connectivity index (χ4v) is 12.7. The van der Waals surface area contributed by atoms with Crippen LogP contribution in [0.4, 0.5) is 51.2 Å². The lowest BCUT2D eigenvalue weighted by atomic mass is 9.33. The average Bonchev–Trinajstić information content (AvgIpc) is 3.83. The van der Waals surface area contributed by atoms with Gasteiger partial charge in [-0.2, -0.15) is 0 Å². The summed E-state index contributed by atoms with van der Waals surface area (Å²) >= 11 is 0. The van der Waals surface area contributed by atoms with Crippen molar-refractivity contribution in [2.24, 2.45) is 0 Å². The number of benzene rings is 9. The molecule has 76 heavy (non-hydrogen) atoms. The van der Waals surface area contributed by atoms with Crippen molar-refractivity contribution in [3.05, 3.63) is 198 Å². The highest BCUT2D eigenvalue weighted by Crippen LogP contribution is 2.56. The minimum Gasteiger partial charge on any atom is -0.456 e. The minimum atomic E-state index is -0.146. The maximum atomic E-state index is 6.52. The van der Waals surface area contributed by atoms with Gasteiger partial charge in [0.1, 0.15) is 11.2 Å². The molecule has 0 fully saturated rings. The van der Waals surface area contributed by atoms with Crippen LogP contribution in [0, 0.1) is 0 Å².